The third kappa shape index (κ3) is 13.5. The number of hydrogen-bond donors (Lipinski definition) is 2. The quantitative estimate of drug-likeness (QED) is 0.621. The van der Waals surface area contributed by atoms with Crippen molar-refractivity contribution in [3.8, 4) is 0 Å². The van der Waals surface area contributed by atoms with E-state index >= 15 is 0 Å². The molecule has 0 amide bonds. The second-order valence-electron chi connectivity index (χ2n) is 10.4. The lowest BCUT2D eigenvalue weighted by Crippen LogP contribution is -2.95. The summed E-state index contributed by atoms with van der Waals surface area (Å²) < 4.78 is 3.70. The maximum atomic E-state index is 9.18. The van der Waals surface area contributed by atoms with E-state index in [0.29, 0.717) is 0 Å². The van der Waals surface area contributed by atoms with Crippen LogP contribution in [0.15, 0.2) is 0 Å². The molecule has 4 fully saturated rings. The predicted molar refractivity (Wildman–Crippen MR) is 125 cm³/mol. The Balaban J connectivity index is 0.000000182. The van der Waals surface area contributed by atoms with Crippen LogP contribution in [0.1, 0.15) is 128 Å². The Bertz CT molecular complexity index is 338. The normalized spacial score (nSPS) is 24.8. The van der Waals surface area contributed by atoms with Gasteiger partial charge in [-0.25, -0.2) is 0 Å². The zero-order valence-electron chi connectivity index (χ0n) is 20.3. The molecule has 0 aromatic carbocycles. The third-order valence-corrected chi connectivity index (χ3v) is 8.14. The number of rotatable bonds is 5. The van der Waals surface area contributed by atoms with E-state index in [2.05, 4.69) is 15.2 Å². The van der Waals surface area contributed by atoms with Crippen molar-refractivity contribution in [2.24, 2.45) is 0 Å². The summed E-state index contributed by atoms with van der Waals surface area (Å²) in [5.74, 6) is 0. The van der Waals surface area contributed by atoms with Gasteiger partial charge in [0.05, 0.1) is 24.2 Å². The van der Waals surface area contributed by atoms with Crippen LogP contribution in [0.4, 0.5) is 0 Å². The Morgan fingerprint density at radius 1 is 0.484 bits per heavy atom. The molecule has 0 aromatic heterocycles. The summed E-state index contributed by atoms with van der Waals surface area (Å²) in [7, 11) is -1.50. The van der Waals surface area contributed by atoms with Gasteiger partial charge < -0.3 is 24.9 Å². The van der Waals surface area contributed by atoms with E-state index in [1.54, 1.807) is 0 Å². The zero-order valence-corrected chi connectivity index (χ0v) is 21.2. The topological polar surface area (TPSA) is 88.6 Å². The van der Waals surface area contributed by atoms with Crippen LogP contribution in [-0.4, -0.2) is 31.3 Å². The van der Waals surface area contributed by atoms with Crippen LogP contribution in [0, 0.1) is 0 Å². The van der Waals surface area contributed by atoms with Crippen LogP contribution in [0.3, 0.4) is 0 Å². The van der Waals surface area contributed by atoms with Gasteiger partial charge >= 0.3 is 0 Å². The molecule has 0 atom stereocenters. The summed E-state index contributed by atoms with van der Waals surface area (Å²) in [5, 5.41) is 5.44. The average Bonchev–Trinajstić information content (AvgIpc) is 2.83. The number of nitrogens with two attached hydrogens (primary N) is 2. The van der Waals surface area contributed by atoms with Gasteiger partial charge in [-0.2, -0.15) is 8.60 Å². The molecule has 0 unspecified atom stereocenters. The van der Waals surface area contributed by atoms with Crippen LogP contribution in [0.25, 0.3) is 0 Å². The van der Waals surface area contributed by atoms with Gasteiger partial charge in [-0.05, 0) is 103 Å². The van der Waals surface area contributed by atoms with Crippen LogP contribution in [-0.2, 0) is 4.52 Å². The first-order valence-corrected chi connectivity index (χ1v) is 14.7. The monoisotopic (exact) mass is 458 g/mol. The van der Waals surface area contributed by atoms with Crippen molar-refractivity contribution in [3.63, 3.8) is 0 Å². The van der Waals surface area contributed by atoms with Gasteiger partial charge in [-0.15, -0.1) is 0 Å². The van der Waals surface area contributed by atoms with Crippen molar-refractivity contribution < 1.29 is 24.9 Å². The molecule has 4 saturated carbocycles. The SMILES string of the molecule is C1CCC([NH2+]C2CCCCC2)CC1.C1CCC([NH2+]C2CCCCC2)CC1.COP([O-])[O-]. The van der Waals surface area contributed by atoms with Crippen molar-refractivity contribution in [2.45, 2.75) is 153 Å². The zero-order chi connectivity index (χ0) is 22.2. The van der Waals surface area contributed by atoms with Gasteiger partial charge in [-0.1, -0.05) is 25.7 Å². The van der Waals surface area contributed by atoms with Gasteiger partial charge in [0.15, 0.2) is 0 Å². The molecule has 4 N–H and O–H groups in total. The molecule has 0 bridgehead atoms. The molecule has 4 rings (SSSR count). The Labute approximate surface area is 193 Å². The largest absolute Gasteiger partial charge is 0.820 e. The molecular weight excluding hydrogens is 407 g/mol. The minimum atomic E-state index is -2.60. The smallest absolute Gasteiger partial charge is 0.0861 e. The molecule has 0 heterocycles. The standard InChI is InChI=1S/2C12H23N.CH3O3P/c2*1-3-7-11(8-4-1)13-12-9-5-2-6-10-12;1-4-5(2)3/h2*11-13H,1-10H2;1H3/q;;-2/p+2. The number of hydrogen-bond acceptors (Lipinski definition) is 3. The minimum Gasteiger partial charge on any atom is -0.820 e. The average molecular weight is 459 g/mol. The Kier molecular flexibility index (Phi) is 15.7. The lowest BCUT2D eigenvalue weighted by Gasteiger charge is -2.27. The van der Waals surface area contributed by atoms with Gasteiger partial charge in [0, 0.05) is 7.11 Å². The summed E-state index contributed by atoms with van der Waals surface area (Å²) in [6.07, 6.45) is 29.9. The molecule has 4 aliphatic carbocycles. The van der Waals surface area contributed by atoms with E-state index in [-0.39, 0.29) is 0 Å². The van der Waals surface area contributed by atoms with E-state index in [4.69, 9.17) is 0 Å². The van der Waals surface area contributed by atoms with E-state index in [1.165, 1.54) is 128 Å². The molecule has 4 aliphatic rings. The first kappa shape index (κ1) is 27.5. The predicted octanol–water partition coefficient (Wildman–Crippen LogP) is 3.01. The van der Waals surface area contributed by atoms with Crippen molar-refractivity contribution in [1.82, 2.24) is 0 Å². The molecule has 6 heteroatoms. The fourth-order valence-corrected chi connectivity index (χ4v) is 6.08. The first-order valence-electron chi connectivity index (χ1n) is 13.6. The summed E-state index contributed by atoms with van der Waals surface area (Å²) in [5.41, 5.74) is 0. The lowest BCUT2D eigenvalue weighted by atomic mass is 9.91. The molecular formula is C25H51N2O3P. The maximum absolute atomic E-state index is 9.18. The Hall–Kier alpha value is 0.230. The van der Waals surface area contributed by atoms with Crippen molar-refractivity contribution in [1.29, 1.82) is 0 Å². The van der Waals surface area contributed by atoms with E-state index in [1.807, 2.05) is 0 Å². The molecule has 0 aliphatic heterocycles. The molecule has 5 nitrogen and oxygen atoms in total. The molecule has 0 radical (unpaired) electrons. The third-order valence-electron chi connectivity index (χ3n) is 7.84. The first-order chi connectivity index (χ1) is 15.2. The summed E-state index contributed by atoms with van der Waals surface area (Å²) in [6, 6.07) is 3.99. The van der Waals surface area contributed by atoms with Gasteiger partial charge in [0.1, 0.15) is 0 Å². The summed E-state index contributed by atoms with van der Waals surface area (Å²) >= 11 is 0. The van der Waals surface area contributed by atoms with E-state index < -0.39 is 8.60 Å². The van der Waals surface area contributed by atoms with Crippen molar-refractivity contribution >= 4 is 8.60 Å². The lowest BCUT2D eigenvalue weighted by molar-refractivity contribution is -0.726. The van der Waals surface area contributed by atoms with Crippen molar-refractivity contribution in [2.75, 3.05) is 7.11 Å². The summed E-state index contributed by atoms with van der Waals surface area (Å²) in [6.45, 7) is 0. The maximum Gasteiger partial charge on any atom is 0.0861 e. The second-order valence-corrected chi connectivity index (χ2v) is 11.2. The van der Waals surface area contributed by atoms with Crippen LogP contribution < -0.4 is 20.4 Å². The fourth-order valence-electron chi connectivity index (χ4n) is 6.08. The highest BCUT2D eigenvalue weighted by molar-refractivity contribution is 7.36. The van der Waals surface area contributed by atoms with Gasteiger partial charge in [-0.3, -0.25) is 0 Å². The van der Waals surface area contributed by atoms with Gasteiger partial charge in [0.25, 0.3) is 0 Å². The molecule has 0 saturated heterocycles. The van der Waals surface area contributed by atoms with E-state index in [9.17, 15) is 9.79 Å². The van der Waals surface area contributed by atoms with Crippen LogP contribution >= 0.6 is 8.60 Å². The second kappa shape index (κ2) is 17.7. The number of quaternary nitrogens is 2. The highest BCUT2D eigenvalue weighted by Crippen LogP contribution is 2.19. The Morgan fingerprint density at radius 3 is 0.839 bits per heavy atom. The van der Waals surface area contributed by atoms with Crippen molar-refractivity contribution in [3.05, 3.63) is 0 Å². The molecule has 0 aromatic rings. The molecule has 31 heavy (non-hydrogen) atoms. The summed E-state index contributed by atoms with van der Waals surface area (Å²) in [4.78, 5) is 18.4. The van der Waals surface area contributed by atoms with E-state index in [0.717, 1.165) is 31.3 Å². The highest BCUT2D eigenvalue weighted by atomic mass is 31.2. The molecule has 184 valence electrons. The van der Waals surface area contributed by atoms with Gasteiger partial charge in [0.2, 0.25) is 0 Å². The highest BCUT2D eigenvalue weighted by Gasteiger charge is 2.23. The van der Waals surface area contributed by atoms with Crippen LogP contribution in [0.5, 0.6) is 0 Å². The minimum absolute atomic E-state index is 0.997. The fraction of sp³-hybridized carbons (Fsp3) is 1.00. The Morgan fingerprint density at radius 2 is 0.677 bits per heavy atom. The van der Waals surface area contributed by atoms with Crippen LogP contribution in [0.2, 0.25) is 0 Å². The molecule has 0 spiro atoms.